The van der Waals surface area contributed by atoms with Crippen molar-refractivity contribution in [2.45, 2.75) is 65.3 Å². The maximum Gasteiger partial charge on any atom is 0.138 e. The van der Waals surface area contributed by atoms with E-state index in [9.17, 15) is 0 Å². The van der Waals surface area contributed by atoms with Gasteiger partial charge in [0.2, 0.25) is 0 Å². The molecule has 0 bridgehead atoms. The lowest BCUT2D eigenvalue weighted by atomic mass is 9.84. The minimum absolute atomic E-state index is 0.111. The quantitative estimate of drug-likeness (QED) is 0.852. The molecule has 0 spiro atoms. The van der Waals surface area contributed by atoms with E-state index in [2.05, 4.69) is 52.1 Å². The molecular weight excluding hydrogens is 258 g/mol. The summed E-state index contributed by atoms with van der Waals surface area (Å²) >= 11 is 0. The van der Waals surface area contributed by atoms with E-state index in [0.717, 1.165) is 24.4 Å². The van der Waals surface area contributed by atoms with Crippen molar-refractivity contribution in [3.05, 3.63) is 34.6 Å². The molecule has 0 aliphatic heterocycles. The number of furan rings is 1. The van der Waals surface area contributed by atoms with E-state index >= 15 is 0 Å². The number of nitrogens with one attached hydrogen (secondary N) is 1. The van der Waals surface area contributed by atoms with Crippen LogP contribution in [0, 0.1) is 6.92 Å². The molecule has 0 atom stereocenters. The highest BCUT2D eigenvalue weighted by molar-refractivity contribution is 5.89. The van der Waals surface area contributed by atoms with E-state index in [0.29, 0.717) is 5.92 Å². The van der Waals surface area contributed by atoms with Crippen molar-refractivity contribution in [1.29, 1.82) is 0 Å². The Kier molecular flexibility index (Phi) is 3.61. The monoisotopic (exact) mass is 285 g/mol. The van der Waals surface area contributed by atoms with Gasteiger partial charge in [-0.05, 0) is 43.2 Å². The molecule has 1 saturated carbocycles. The average Bonchev–Trinajstić information content (AvgIpc) is 3.16. The minimum Gasteiger partial charge on any atom is -0.459 e. The fourth-order valence-corrected chi connectivity index (χ4v) is 3.20. The van der Waals surface area contributed by atoms with Gasteiger partial charge in [0.15, 0.2) is 0 Å². The molecule has 1 aliphatic rings. The lowest BCUT2D eigenvalue weighted by Gasteiger charge is -2.19. The lowest BCUT2D eigenvalue weighted by molar-refractivity contribution is 0.500. The van der Waals surface area contributed by atoms with Gasteiger partial charge in [0, 0.05) is 16.5 Å². The van der Waals surface area contributed by atoms with Gasteiger partial charge in [0.25, 0.3) is 0 Å². The lowest BCUT2D eigenvalue weighted by Crippen LogP contribution is -2.12. The fourth-order valence-electron chi connectivity index (χ4n) is 3.20. The summed E-state index contributed by atoms with van der Waals surface area (Å²) in [6.07, 6.45) is 2.62. The zero-order valence-electron chi connectivity index (χ0n) is 14.0. The van der Waals surface area contributed by atoms with Gasteiger partial charge < -0.3 is 9.73 Å². The Morgan fingerprint density at radius 3 is 2.52 bits per heavy atom. The van der Waals surface area contributed by atoms with Crippen molar-refractivity contribution in [1.82, 2.24) is 5.32 Å². The van der Waals surface area contributed by atoms with Crippen LogP contribution in [0.2, 0.25) is 0 Å². The van der Waals surface area contributed by atoms with Gasteiger partial charge in [-0.25, -0.2) is 0 Å². The van der Waals surface area contributed by atoms with Gasteiger partial charge >= 0.3 is 0 Å². The molecular formula is C19H27NO. The van der Waals surface area contributed by atoms with Crippen LogP contribution >= 0.6 is 0 Å². The Labute approximate surface area is 127 Å². The van der Waals surface area contributed by atoms with Crippen LogP contribution in [-0.2, 0) is 12.0 Å². The Hall–Kier alpha value is -1.28. The third-order valence-corrected chi connectivity index (χ3v) is 4.49. The maximum absolute atomic E-state index is 6.38. The van der Waals surface area contributed by atoms with Crippen LogP contribution in [0.4, 0.5) is 0 Å². The second-order valence-corrected chi connectivity index (χ2v) is 7.38. The molecule has 1 aromatic heterocycles. The normalized spacial score (nSPS) is 15.9. The van der Waals surface area contributed by atoms with Crippen molar-refractivity contribution >= 4 is 11.0 Å². The van der Waals surface area contributed by atoms with E-state index in [-0.39, 0.29) is 5.41 Å². The van der Waals surface area contributed by atoms with Crippen molar-refractivity contribution in [2.24, 2.45) is 0 Å². The Bertz CT molecular complexity index is 656. The highest BCUT2D eigenvalue weighted by atomic mass is 16.3. The van der Waals surface area contributed by atoms with Crippen molar-refractivity contribution in [3.8, 4) is 0 Å². The molecule has 2 aromatic rings. The molecule has 2 nitrogen and oxygen atoms in total. The van der Waals surface area contributed by atoms with Crippen LogP contribution < -0.4 is 5.32 Å². The van der Waals surface area contributed by atoms with Crippen LogP contribution in [0.25, 0.3) is 11.0 Å². The molecule has 1 fully saturated rings. The molecule has 3 rings (SSSR count). The highest BCUT2D eigenvalue weighted by Gasteiger charge is 2.33. The van der Waals surface area contributed by atoms with Crippen LogP contribution in [0.15, 0.2) is 16.5 Å². The SMILES string of the molecule is CCNCc1oc2c(C(C)(C)C)ccc(C)c2c1C1CC1. The average molecular weight is 285 g/mol. The van der Waals surface area contributed by atoms with E-state index in [1.54, 1.807) is 0 Å². The third kappa shape index (κ3) is 2.62. The number of fused-ring (bicyclic) bond motifs is 1. The van der Waals surface area contributed by atoms with Crippen LogP contribution in [-0.4, -0.2) is 6.54 Å². The highest BCUT2D eigenvalue weighted by Crippen LogP contribution is 2.48. The summed E-state index contributed by atoms with van der Waals surface area (Å²) in [4.78, 5) is 0. The predicted octanol–water partition coefficient (Wildman–Crippen LogP) is 5.03. The first-order valence-corrected chi connectivity index (χ1v) is 8.19. The smallest absolute Gasteiger partial charge is 0.138 e. The summed E-state index contributed by atoms with van der Waals surface area (Å²) < 4.78 is 6.38. The molecule has 0 radical (unpaired) electrons. The van der Waals surface area contributed by atoms with Gasteiger partial charge in [-0.2, -0.15) is 0 Å². The first kappa shape index (κ1) is 14.6. The molecule has 0 unspecified atom stereocenters. The molecule has 0 saturated heterocycles. The van der Waals surface area contributed by atoms with Crippen molar-refractivity contribution in [3.63, 3.8) is 0 Å². The second-order valence-electron chi connectivity index (χ2n) is 7.38. The molecule has 2 heteroatoms. The molecule has 1 heterocycles. The number of hydrogen-bond acceptors (Lipinski definition) is 2. The first-order valence-electron chi connectivity index (χ1n) is 8.19. The number of benzene rings is 1. The van der Waals surface area contributed by atoms with Crippen LogP contribution in [0.5, 0.6) is 0 Å². The summed E-state index contributed by atoms with van der Waals surface area (Å²) in [5.41, 5.74) is 5.39. The summed E-state index contributed by atoms with van der Waals surface area (Å²) in [5, 5.41) is 4.82. The Morgan fingerprint density at radius 2 is 1.95 bits per heavy atom. The molecule has 1 aromatic carbocycles. The summed E-state index contributed by atoms with van der Waals surface area (Å²) in [5.74, 6) is 1.88. The molecule has 21 heavy (non-hydrogen) atoms. The third-order valence-electron chi connectivity index (χ3n) is 4.49. The zero-order valence-corrected chi connectivity index (χ0v) is 14.0. The fraction of sp³-hybridized carbons (Fsp3) is 0.579. The van der Waals surface area contributed by atoms with E-state index in [1.807, 2.05) is 0 Å². The van der Waals surface area contributed by atoms with Crippen LogP contribution in [0.1, 0.15) is 68.9 Å². The first-order chi connectivity index (χ1) is 9.93. The second kappa shape index (κ2) is 5.17. The number of rotatable bonds is 4. The predicted molar refractivity (Wildman–Crippen MR) is 89.0 cm³/mol. The van der Waals surface area contributed by atoms with Gasteiger partial charge in [0.05, 0.1) is 6.54 Å². The summed E-state index contributed by atoms with van der Waals surface area (Å²) in [7, 11) is 0. The van der Waals surface area contributed by atoms with Crippen LogP contribution in [0.3, 0.4) is 0 Å². The molecule has 0 amide bonds. The molecule has 114 valence electrons. The van der Waals surface area contributed by atoms with Gasteiger partial charge in [-0.3, -0.25) is 0 Å². The van der Waals surface area contributed by atoms with E-state index < -0.39 is 0 Å². The topological polar surface area (TPSA) is 25.2 Å². The maximum atomic E-state index is 6.38. The van der Waals surface area contributed by atoms with Crippen molar-refractivity contribution in [2.75, 3.05) is 6.54 Å². The molecule has 1 N–H and O–H groups in total. The zero-order chi connectivity index (χ0) is 15.2. The van der Waals surface area contributed by atoms with Gasteiger partial charge in [0.1, 0.15) is 11.3 Å². The van der Waals surface area contributed by atoms with Gasteiger partial charge in [-0.15, -0.1) is 0 Å². The van der Waals surface area contributed by atoms with Gasteiger partial charge in [-0.1, -0.05) is 39.8 Å². The number of hydrogen-bond donors (Lipinski definition) is 1. The summed E-state index contributed by atoms with van der Waals surface area (Å²) in [6.45, 7) is 13.0. The standard InChI is InChI=1S/C19H27NO/c1-6-20-11-15-17(13-8-9-13)16-12(2)7-10-14(18(16)21-15)19(3,4)5/h7,10,13,20H,6,8-9,11H2,1-5H3. The Morgan fingerprint density at radius 1 is 1.24 bits per heavy atom. The molecule has 1 aliphatic carbocycles. The largest absolute Gasteiger partial charge is 0.459 e. The van der Waals surface area contributed by atoms with E-state index in [4.69, 9.17) is 4.42 Å². The summed E-state index contributed by atoms with van der Waals surface area (Å²) in [6, 6.07) is 4.51. The van der Waals surface area contributed by atoms with Crippen molar-refractivity contribution < 1.29 is 4.42 Å². The Balaban J connectivity index is 2.24. The number of aryl methyl sites for hydroxylation is 1. The van der Waals surface area contributed by atoms with E-state index in [1.165, 1.54) is 34.9 Å². The minimum atomic E-state index is 0.111.